The van der Waals surface area contributed by atoms with Gasteiger partial charge >= 0.3 is 0 Å². The zero-order chi connectivity index (χ0) is 10.6. The Morgan fingerprint density at radius 2 is 2.07 bits per heavy atom. The minimum atomic E-state index is 0.491. The molecule has 0 unspecified atom stereocenters. The van der Waals surface area contributed by atoms with Gasteiger partial charge in [-0.25, -0.2) is 0 Å². The highest BCUT2D eigenvalue weighted by atomic mass is 35.5. The number of ether oxygens (including phenoxy) is 1. The van der Waals surface area contributed by atoms with Gasteiger partial charge in [-0.15, -0.1) is 11.6 Å². The van der Waals surface area contributed by atoms with Gasteiger partial charge in [0, 0.05) is 12.1 Å². The molecule has 0 atom stereocenters. The zero-order valence-electron chi connectivity index (χ0n) is 8.88. The van der Waals surface area contributed by atoms with Crippen molar-refractivity contribution in [3.8, 4) is 5.75 Å². The topological polar surface area (TPSA) is 12.5 Å². The van der Waals surface area contributed by atoms with E-state index in [-0.39, 0.29) is 0 Å². The van der Waals surface area contributed by atoms with E-state index in [2.05, 4.69) is 17.0 Å². The summed E-state index contributed by atoms with van der Waals surface area (Å²) in [6.45, 7) is 0.924. The predicted octanol–water partition coefficient (Wildman–Crippen LogP) is 2.50. The highest BCUT2D eigenvalue weighted by Crippen LogP contribution is 2.21. The summed E-state index contributed by atoms with van der Waals surface area (Å²) in [5.41, 5.74) is 2.31. The number of rotatable bonds is 4. The molecule has 1 rings (SSSR count). The average molecular weight is 214 g/mol. The molecule has 0 spiro atoms. The van der Waals surface area contributed by atoms with Gasteiger partial charge in [0.15, 0.2) is 0 Å². The van der Waals surface area contributed by atoms with Crippen LogP contribution in [0.15, 0.2) is 18.2 Å². The fraction of sp³-hybridized carbons (Fsp3) is 0.455. The number of methoxy groups -OCH3 is 1. The number of benzene rings is 1. The van der Waals surface area contributed by atoms with Gasteiger partial charge in [-0.05, 0) is 31.8 Å². The Kier molecular flexibility index (Phi) is 4.23. The molecular weight excluding hydrogens is 198 g/mol. The summed E-state index contributed by atoms with van der Waals surface area (Å²) in [6.07, 6.45) is 0. The van der Waals surface area contributed by atoms with E-state index in [9.17, 15) is 0 Å². The lowest BCUT2D eigenvalue weighted by atomic mass is 10.1. The summed E-state index contributed by atoms with van der Waals surface area (Å²) in [5.74, 6) is 1.35. The van der Waals surface area contributed by atoms with Crippen LogP contribution in [-0.2, 0) is 12.4 Å². The van der Waals surface area contributed by atoms with Crippen LogP contribution in [0.4, 0.5) is 0 Å². The van der Waals surface area contributed by atoms with Crippen LogP contribution in [0.25, 0.3) is 0 Å². The van der Waals surface area contributed by atoms with E-state index in [4.69, 9.17) is 16.3 Å². The van der Waals surface area contributed by atoms with Gasteiger partial charge in [-0.3, -0.25) is 0 Å². The van der Waals surface area contributed by atoms with Gasteiger partial charge in [-0.1, -0.05) is 6.07 Å². The van der Waals surface area contributed by atoms with Crippen LogP contribution >= 0.6 is 11.6 Å². The zero-order valence-corrected chi connectivity index (χ0v) is 9.64. The first-order valence-corrected chi connectivity index (χ1v) is 5.07. The molecule has 14 heavy (non-hydrogen) atoms. The van der Waals surface area contributed by atoms with Crippen molar-refractivity contribution in [3.63, 3.8) is 0 Å². The lowest BCUT2D eigenvalue weighted by Gasteiger charge is -2.12. The number of hydrogen-bond donors (Lipinski definition) is 0. The van der Waals surface area contributed by atoms with Crippen LogP contribution in [0.3, 0.4) is 0 Å². The quantitative estimate of drug-likeness (QED) is 0.713. The molecule has 0 N–H and O–H groups in total. The second kappa shape index (κ2) is 5.23. The van der Waals surface area contributed by atoms with E-state index in [1.807, 2.05) is 20.2 Å². The SMILES string of the molecule is COc1ccc(CN(C)C)cc1CCl. The van der Waals surface area contributed by atoms with E-state index in [0.717, 1.165) is 17.9 Å². The van der Waals surface area contributed by atoms with Gasteiger partial charge < -0.3 is 9.64 Å². The van der Waals surface area contributed by atoms with E-state index in [1.165, 1.54) is 5.56 Å². The first-order chi connectivity index (χ1) is 6.67. The molecular formula is C11H16ClNO. The Balaban J connectivity index is 2.89. The normalized spacial score (nSPS) is 10.6. The standard InChI is InChI=1S/C11H16ClNO/c1-13(2)8-9-4-5-11(14-3)10(6-9)7-12/h4-6H,7-8H2,1-3H3. The third kappa shape index (κ3) is 2.89. The van der Waals surface area contributed by atoms with Crippen molar-refractivity contribution < 1.29 is 4.74 Å². The van der Waals surface area contributed by atoms with Gasteiger partial charge in [0.1, 0.15) is 5.75 Å². The molecule has 2 nitrogen and oxygen atoms in total. The Hall–Kier alpha value is -0.730. The number of halogens is 1. The molecule has 0 aliphatic heterocycles. The third-order valence-electron chi connectivity index (χ3n) is 1.99. The minimum absolute atomic E-state index is 0.491. The van der Waals surface area contributed by atoms with Crippen molar-refractivity contribution in [2.75, 3.05) is 21.2 Å². The van der Waals surface area contributed by atoms with Crippen LogP contribution in [0.2, 0.25) is 0 Å². The fourth-order valence-electron chi connectivity index (χ4n) is 1.40. The molecule has 0 aliphatic rings. The Bertz CT molecular complexity index is 299. The lowest BCUT2D eigenvalue weighted by Crippen LogP contribution is -2.10. The first-order valence-electron chi connectivity index (χ1n) is 4.54. The van der Waals surface area contributed by atoms with Crippen LogP contribution in [-0.4, -0.2) is 26.1 Å². The van der Waals surface area contributed by atoms with Crippen LogP contribution in [0.5, 0.6) is 5.75 Å². The Morgan fingerprint density at radius 1 is 1.36 bits per heavy atom. The van der Waals surface area contributed by atoms with Gasteiger partial charge in [0.25, 0.3) is 0 Å². The maximum Gasteiger partial charge on any atom is 0.123 e. The molecule has 0 aromatic heterocycles. The molecule has 0 saturated heterocycles. The molecule has 0 radical (unpaired) electrons. The molecule has 0 bridgehead atoms. The first kappa shape index (κ1) is 11.3. The summed E-state index contributed by atoms with van der Waals surface area (Å²) in [5, 5.41) is 0. The van der Waals surface area contributed by atoms with Crippen molar-refractivity contribution in [3.05, 3.63) is 29.3 Å². The van der Waals surface area contributed by atoms with E-state index < -0.39 is 0 Å². The van der Waals surface area contributed by atoms with Gasteiger partial charge in [-0.2, -0.15) is 0 Å². The van der Waals surface area contributed by atoms with Crippen molar-refractivity contribution >= 4 is 11.6 Å². The summed E-state index contributed by atoms with van der Waals surface area (Å²) in [6, 6.07) is 6.12. The maximum absolute atomic E-state index is 5.83. The molecule has 3 heteroatoms. The highest BCUT2D eigenvalue weighted by molar-refractivity contribution is 6.17. The van der Waals surface area contributed by atoms with Crippen LogP contribution in [0.1, 0.15) is 11.1 Å². The Morgan fingerprint density at radius 3 is 2.57 bits per heavy atom. The second-order valence-electron chi connectivity index (χ2n) is 3.52. The van der Waals surface area contributed by atoms with Crippen molar-refractivity contribution in [2.24, 2.45) is 0 Å². The van der Waals surface area contributed by atoms with Crippen molar-refractivity contribution in [1.82, 2.24) is 4.90 Å². The average Bonchev–Trinajstić information content (AvgIpc) is 2.16. The lowest BCUT2D eigenvalue weighted by molar-refractivity contribution is 0.398. The van der Waals surface area contributed by atoms with E-state index in [0.29, 0.717) is 5.88 Å². The molecule has 0 amide bonds. The molecule has 1 aromatic rings. The number of hydrogen-bond acceptors (Lipinski definition) is 2. The molecule has 78 valence electrons. The van der Waals surface area contributed by atoms with Crippen molar-refractivity contribution in [1.29, 1.82) is 0 Å². The molecule has 0 aliphatic carbocycles. The largest absolute Gasteiger partial charge is 0.496 e. The predicted molar refractivity (Wildman–Crippen MR) is 59.9 cm³/mol. The monoisotopic (exact) mass is 213 g/mol. The molecule has 0 fully saturated rings. The van der Waals surface area contributed by atoms with Gasteiger partial charge in [0.05, 0.1) is 13.0 Å². The maximum atomic E-state index is 5.83. The second-order valence-corrected chi connectivity index (χ2v) is 3.78. The van der Waals surface area contributed by atoms with Crippen molar-refractivity contribution in [2.45, 2.75) is 12.4 Å². The fourth-order valence-corrected chi connectivity index (χ4v) is 1.61. The van der Waals surface area contributed by atoms with E-state index >= 15 is 0 Å². The number of nitrogens with zero attached hydrogens (tertiary/aromatic N) is 1. The van der Waals surface area contributed by atoms with Crippen LogP contribution < -0.4 is 4.74 Å². The summed E-state index contributed by atoms with van der Waals surface area (Å²) >= 11 is 5.83. The molecule has 0 saturated carbocycles. The summed E-state index contributed by atoms with van der Waals surface area (Å²) < 4.78 is 5.20. The minimum Gasteiger partial charge on any atom is -0.496 e. The van der Waals surface area contributed by atoms with Crippen LogP contribution in [0, 0.1) is 0 Å². The highest BCUT2D eigenvalue weighted by Gasteiger charge is 2.03. The van der Waals surface area contributed by atoms with E-state index in [1.54, 1.807) is 7.11 Å². The molecule has 1 aromatic carbocycles. The smallest absolute Gasteiger partial charge is 0.123 e. The summed E-state index contributed by atoms with van der Waals surface area (Å²) in [4.78, 5) is 2.12. The van der Waals surface area contributed by atoms with Gasteiger partial charge in [0.2, 0.25) is 0 Å². The summed E-state index contributed by atoms with van der Waals surface area (Å²) in [7, 11) is 5.76. The Labute approximate surface area is 90.4 Å². The molecule has 0 heterocycles. The number of alkyl halides is 1. The third-order valence-corrected chi connectivity index (χ3v) is 2.28.